The maximum absolute atomic E-state index is 12.4. The monoisotopic (exact) mass is 390 g/mol. The van der Waals surface area contributed by atoms with Gasteiger partial charge in [-0.25, -0.2) is 4.99 Å². The second-order valence-corrected chi connectivity index (χ2v) is 7.70. The van der Waals surface area contributed by atoms with Crippen molar-refractivity contribution in [3.05, 3.63) is 88.3 Å². The number of furan rings is 1. The maximum Gasteiger partial charge on any atom is 0.283 e. The van der Waals surface area contributed by atoms with Gasteiger partial charge in [0.25, 0.3) is 11.8 Å². The first-order valence-corrected chi connectivity index (χ1v) is 9.75. The molecule has 2 aromatic rings. The van der Waals surface area contributed by atoms with Gasteiger partial charge in [-0.1, -0.05) is 42.0 Å². The summed E-state index contributed by atoms with van der Waals surface area (Å²) in [5, 5.41) is 2.72. The van der Waals surface area contributed by atoms with Gasteiger partial charge in [0.05, 0.1) is 28.7 Å². The van der Waals surface area contributed by atoms with Crippen molar-refractivity contribution >= 4 is 35.4 Å². The Labute approximate surface area is 166 Å². The van der Waals surface area contributed by atoms with Gasteiger partial charge in [-0.05, 0) is 36.8 Å². The molecule has 28 heavy (non-hydrogen) atoms. The number of aryl methyl sites for hydroxylation is 1. The van der Waals surface area contributed by atoms with Crippen LogP contribution in [0.15, 0.2) is 80.8 Å². The van der Waals surface area contributed by atoms with Gasteiger partial charge < -0.3 is 9.73 Å². The van der Waals surface area contributed by atoms with Crippen molar-refractivity contribution < 1.29 is 14.0 Å². The zero-order chi connectivity index (χ0) is 19.5. The van der Waals surface area contributed by atoms with Crippen LogP contribution >= 0.6 is 11.8 Å². The molecule has 0 spiro atoms. The van der Waals surface area contributed by atoms with E-state index in [0.717, 1.165) is 5.56 Å². The average molecular weight is 390 g/mol. The number of carbonyl (C=O) groups excluding carboxylic acids is 2. The Kier molecular flexibility index (Phi) is 5.12. The van der Waals surface area contributed by atoms with Crippen LogP contribution in [0, 0.1) is 6.92 Å². The fraction of sp³-hybridized carbons (Fsp3) is 0.136. The van der Waals surface area contributed by atoms with Gasteiger partial charge in [0, 0.05) is 5.57 Å². The van der Waals surface area contributed by atoms with E-state index in [0.29, 0.717) is 28.5 Å². The molecule has 1 unspecified atom stereocenters. The summed E-state index contributed by atoms with van der Waals surface area (Å²) in [6.45, 7) is 2.33. The number of benzene rings is 1. The van der Waals surface area contributed by atoms with Crippen LogP contribution in [0.4, 0.5) is 0 Å². The lowest BCUT2D eigenvalue weighted by Crippen LogP contribution is -2.29. The van der Waals surface area contributed by atoms with Crippen molar-refractivity contribution in [2.24, 2.45) is 4.99 Å². The minimum atomic E-state index is -0.279. The number of nitrogens with one attached hydrogen (secondary N) is 1. The number of nitrogens with zero attached hydrogens (tertiary/aromatic N) is 1. The van der Waals surface area contributed by atoms with Crippen molar-refractivity contribution in [2.45, 2.75) is 18.7 Å². The number of fused-ring (bicyclic) bond motifs is 1. The number of rotatable bonds is 4. The molecule has 1 N–H and O–H groups in total. The minimum absolute atomic E-state index is 0.0731. The van der Waals surface area contributed by atoms with Crippen LogP contribution in [0.2, 0.25) is 0 Å². The molecular formula is C22H18N2O3S. The third-order valence-corrected chi connectivity index (χ3v) is 5.58. The van der Waals surface area contributed by atoms with E-state index in [1.165, 1.54) is 17.3 Å². The van der Waals surface area contributed by atoms with Crippen molar-refractivity contribution in [3.8, 4) is 0 Å². The highest BCUT2D eigenvalue weighted by Crippen LogP contribution is 2.33. The largest absolute Gasteiger partial charge is 0.467 e. The average Bonchev–Trinajstić information content (AvgIpc) is 3.21. The van der Waals surface area contributed by atoms with Crippen molar-refractivity contribution in [1.29, 1.82) is 0 Å². The minimum Gasteiger partial charge on any atom is -0.467 e. The summed E-state index contributed by atoms with van der Waals surface area (Å²) in [7, 11) is 0. The number of amides is 2. The molecule has 1 atom stereocenters. The fourth-order valence-electron chi connectivity index (χ4n) is 2.87. The van der Waals surface area contributed by atoms with Gasteiger partial charge in [0.2, 0.25) is 0 Å². The molecule has 0 bridgehead atoms. The van der Waals surface area contributed by atoms with Gasteiger partial charge in [-0.15, -0.1) is 11.8 Å². The standard InChI is InChI=1S/C22H18N2O3S/c1-14-4-6-15(7-5-14)11-20-22(26)24-18-12-16(8-9-19(18)28-20)21(25)23-13-17-3-2-10-27-17/h2-12,19H,13H2,1H3,(H,23,25)/b20-11+. The highest BCUT2D eigenvalue weighted by atomic mass is 32.2. The lowest BCUT2D eigenvalue weighted by atomic mass is 10.0. The van der Waals surface area contributed by atoms with E-state index < -0.39 is 0 Å². The number of carbonyl (C=O) groups is 2. The zero-order valence-corrected chi connectivity index (χ0v) is 16.0. The number of hydrogen-bond donors (Lipinski definition) is 1. The van der Waals surface area contributed by atoms with Gasteiger partial charge in [-0.3, -0.25) is 9.59 Å². The van der Waals surface area contributed by atoms with Crippen LogP contribution in [0.1, 0.15) is 16.9 Å². The third kappa shape index (κ3) is 4.07. The summed E-state index contributed by atoms with van der Waals surface area (Å²) in [5.74, 6) is 0.171. The van der Waals surface area contributed by atoms with E-state index in [1.54, 1.807) is 30.5 Å². The summed E-state index contributed by atoms with van der Waals surface area (Å²) in [4.78, 5) is 29.6. The van der Waals surface area contributed by atoms with Crippen molar-refractivity contribution in [1.82, 2.24) is 5.32 Å². The van der Waals surface area contributed by atoms with Crippen molar-refractivity contribution in [3.63, 3.8) is 0 Å². The number of allylic oxidation sites excluding steroid dienone is 1. The Morgan fingerprint density at radius 3 is 2.86 bits per heavy atom. The second-order valence-electron chi connectivity index (χ2n) is 6.52. The van der Waals surface area contributed by atoms with E-state index in [2.05, 4.69) is 10.3 Å². The Hall–Kier alpha value is -3.12. The van der Waals surface area contributed by atoms with E-state index >= 15 is 0 Å². The molecule has 1 aliphatic heterocycles. The molecule has 140 valence electrons. The first kappa shape index (κ1) is 18.3. The topological polar surface area (TPSA) is 71.7 Å². The highest BCUT2D eigenvalue weighted by Gasteiger charge is 2.28. The lowest BCUT2D eigenvalue weighted by Gasteiger charge is -2.22. The zero-order valence-electron chi connectivity index (χ0n) is 15.2. The predicted octanol–water partition coefficient (Wildman–Crippen LogP) is 3.82. The molecule has 1 aromatic heterocycles. The summed E-state index contributed by atoms with van der Waals surface area (Å²) in [5.41, 5.74) is 3.21. The molecular weight excluding hydrogens is 372 g/mol. The first-order valence-electron chi connectivity index (χ1n) is 8.87. The number of aliphatic imine (C=N–C) groups is 1. The summed E-state index contributed by atoms with van der Waals surface area (Å²) < 4.78 is 5.21. The SMILES string of the molecule is Cc1ccc(/C=C2/SC3C=CC(C(=O)NCc4ccco4)=CC3=NC2=O)cc1. The second kappa shape index (κ2) is 7.86. The molecule has 0 saturated carbocycles. The van der Waals surface area contributed by atoms with Crippen LogP contribution in [-0.4, -0.2) is 22.8 Å². The van der Waals surface area contributed by atoms with Crippen LogP contribution < -0.4 is 5.32 Å². The highest BCUT2D eigenvalue weighted by molar-refractivity contribution is 8.05. The van der Waals surface area contributed by atoms with Gasteiger partial charge in [0.15, 0.2) is 0 Å². The Balaban J connectivity index is 1.48. The molecule has 0 saturated heterocycles. The maximum atomic E-state index is 12.4. The normalized spacial score (nSPS) is 19.8. The lowest BCUT2D eigenvalue weighted by molar-refractivity contribution is -0.117. The number of hydrogen-bond acceptors (Lipinski definition) is 4. The summed E-state index contributed by atoms with van der Waals surface area (Å²) in [6, 6.07) is 11.5. The van der Waals surface area contributed by atoms with Gasteiger partial charge in [0.1, 0.15) is 5.76 Å². The first-order chi connectivity index (χ1) is 13.6. The Morgan fingerprint density at radius 2 is 2.11 bits per heavy atom. The van der Waals surface area contributed by atoms with E-state index in [1.807, 2.05) is 43.3 Å². The van der Waals surface area contributed by atoms with Gasteiger partial charge in [-0.2, -0.15) is 0 Å². The molecule has 0 radical (unpaired) electrons. The molecule has 5 nitrogen and oxygen atoms in total. The molecule has 4 rings (SSSR count). The van der Waals surface area contributed by atoms with Crippen LogP contribution in [0.5, 0.6) is 0 Å². The van der Waals surface area contributed by atoms with E-state index in [4.69, 9.17) is 4.42 Å². The fourth-order valence-corrected chi connectivity index (χ4v) is 3.89. The van der Waals surface area contributed by atoms with Crippen LogP contribution in [-0.2, 0) is 16.1 Å². The summed E-state index contributed by atoms with van der Waals surface area (Å²) >= 11 is 1.45. The van der Waals surface area contributed by atoms with Crippen LogP contribution in [0.3, 0.4) is 0 Å². The van der Waals surface area contributed by atoms with Crippen molar-refractivity contribution in [2.75, 3.05) is 0 Å². The van der Waals surface area contributed by atoms with Crippen LogP contribution in [0.25, 0.3) is 6.08 Å². The molecule has 2 heterocycles. The molecule has 6 heteroatoms. The molecule has 2 amide bonds. The third-order valence-electron chi connectivity index (χ3n) is 4.38. The molecule has 1 aromatic carbocycles. The smallest absolute Gasteiger partial charge is 0.283 e. The number of thioether (sulfide) groups is 1. The molecule has 2 aliphatic rings. The van der Waals surface area contributed by atoms with E-state index in [-0.39, 0.29) is 17.1 Å². The van der Waals surface area contributed by atoms with E-state index in [9.17, 15) is 9.59 Å². The molecule has 0 fully saturated rings. The Morgan fingerprint density at radius 1 is 1.29 bits per heavy atom. The quantitative estimate of drug-likeness (QED) is 0.806. The summed E-state index contributed by atoms with van der Waals surface area (Å²) in [6.07, 6.45) is 8.77. The Bertz CT molecular complexity index is 1030. The predicted molar refractivity (Wildman–Crippen MR) is 111 cm³/mol. The molecule has 1 aliphatic carbocycles. The van der Waals surface area contributed by atoms with Gasteiger partial charge >= 0.3 is 0 Å².